The van der Waals surface area contributed by atoms with Crippen molar-refractivity contribution >= 4 is 17.2 Å². The molecule has 1 aromatic heterocycles. The maximum atomic E-state index is 12.9. The Morgan fingerprint density at radius 2 is 2.20 bits per heavy atom. The lowest BCUT2D eigenvalue weighted by Gasteiger charge is -2.32. The molecule has 0 radical (unpaired) electrons. The number of para-hydroxylation sites is 2. The lowest BCUT2D eigenvalue weighted by molar-refractivity contribution is -0.143. The molecule has 25 heavy (non-hydrogen) atoms. The number of benzene rings is 1. The van der Waals surface area contributed by atoms with Crippen LogP contribution in [-0.2, 0) is 16.1 Å². The van der Waals surface area contributed by atoms with E-state index in [0.717, 1.165) is 29.3 Å². The second-order valence-electron chi connectivity index (χ2n) is 6.14. The van der Waals surface area contributed by atoms with Gasteiger partial charge in [0, 0.05) is 18.2 Å². The first-order valence-electron chi connectivity index (χ1n) is 8.47. The van der Waals surface area contributed by atoms with Crippen molar-refractivity contribution in [3.8, 4) is 11.5 Å². The van der Waals surface area contributed by atoms with E-state index in [4.69, 9.17) is 14.2 Å². The first kappa shape index (κ1) is 16.4. The van der Waals surface area contributed by atoms with Crippen molar-refractivity contribution in [1.82, 2.24) is 9.88 Å². The zero-order valence-corrected chi connectivity index (χ0v) is 14.6. The van der Waals surface area contributed by atoms with Gasteiger partial charge in [-0.05, 0) is 25.0 Å². The molecule has 1 fully saturated rings. The minimum absolute atomic E-state index is 0.00941. The van der Waals surface area contributed by atoms with Gasteiger partial charge in [0.1, 0.15) is 17.7 Å². The molecule has 0 N–H and O–H groups in total. The average molecular weight is 360 g/mol. The van der Waals surface area contributed by atoms with Crippen LogP contribution in [0.2, 0.25) is 0 Å². The molecule has 0 aliphatic carbocycles. The molecule has 1 aromatic carbocycles. The standard InChI is InChI=1S/C18H20N2O4S/c21-18(16-6-3-8-22-16)20(11-17-19-7-9-25-17)10-13-12-23-14-4-1-2-5-15(14)24-13/h1-2,4-5,7,9,13,16H,3,6,8,10-12H2/t13-,16+/m0/s1. The molecule has 1 saturated heterocycles. The van der Waals surface area contributed by atoms with Crippen LogP contribution in [0.1, 0.15) is 17.8 Å². The van der Waals surface area contributed by atoms with Crippen molar-refractivity contribution < 1.29 is 19.0 Å². The molecular weight excluding hydrogens is 340 g/mol. The van der Waals surface area contributed by atoms with Gasteiger partial charge in [0.05, 0.1) is 13.1 Å². The van der Waals surface area contributed by atoms with E-state index in [9.17, 15) is 4.79 Å². The van der Waals surface area contributed by atoms with Gasteiger partial charge in [-0.3, -0.25) is 4.79 Å². The topological polar surface area (TPSA) is 60.9 Å². The zero-order valence-electron chi connectivity index (χ0n) is 13.8. The minimum atomic E-state index is -0.350. The second-order valence-corrected chi connectivity index (χ2v) is 7.12. The van der Waals surface area contributed by atoms with Crippen LogP contribution in [0.15, 0.2) is 35.8 Å². The largest absolute Gasteiger partial charge is 0.486 e. The summed E-state index contributed by atoms with van der Waals surface area (Å²) in [6, 6.07) is 7.60. The lowest BCUT2D eigenvalue weighted by Crippen LogP contribution is -2.46. The fraction of sp³-hybridized carbons (Fsp3) is 0.444. The number of aromatic nitrogens is 1. The Morgan fingerprint density at radius 3 is 2.96 bits per heavy atom. The Balaban J connectivity index is 1.47. The van der Waals surface area contributed by atoms with Crippen LogP contribution in [0.5, 0.6) is 11.5 Å². The number of carbonyl (C=O) groups is 1. The molecule has 2 aromatic rings. The molecule has 132 valence electrons. The third-order valence-corrected chi connectivity index (χ3v) is 5.08. The summed E-state index contributed by atoms with van der Waals surface area (Å²) in [5, 5.41) is 2.82. The number of ether oxygens (including phenoxy) is 3. The molecule has 7 heteroatoms. The Kier molecular flexibility index (Phi) is 4.85. The highest BCUT2D eigenvalue weighted by Gasteiger charge is 2.32. The number of hydrogen-bond donors (Lipinski definition) is 0. The molecule has 2 atom stereocenters. The smallest absolute Gasteiger partial charge is 0.252 e. The monoisotopic (exact) mass is 360 g/mol. The van der Waals surface area contributed by atoms with Gasteiger partial charge in [-0.15, -0.1) is 11.3 Å². The second kappa shape index (κ2) is 7.41. The molecule has 2 aliphatic rings. The van der Waals surface area contributed by atoms with Crippen molar-refractivity contribution in [2.75, 3.05) is 19.8 Å². The zero-order chi connectivity index (χ0) is 17.1. The first-order chi connectivity index (χ1) is 12.3. The summed E-state index contributed by atoms with van der Waals surface area (Å²) in [5.74, 6) is 1.48. The van der Waals surface area contributed by atoms with Crippen LogP contribution >= 0.6 is 11.3 Å². The van der Waals surface area contributed by atoms with Crippen LogP contribution in [0.3, 0.4) is 0 Å². The summed E-state index contributed by atoms with van der Waals surface area (Å²) in [5.41, 5.74) is 0. The van der Waals surface area contributed by atoms with Crippen LogP contribution < -0.4 is 9.47 Å². The van der Waals surface area contributed by atoms with E-state index in [1.165, 1.54) is 0 Å². The van der Waals surface area contributed by atoms with Gasteiger partial charge >= 0.3 is 0 Å². The van der Waals surface area contributed by atoms with Crippen molar-refractivity contribution in [2.45, 2.75) is 31.6 Å². The third kappa shape index (κ3) is 3.77. The van der Waals surface area contributed by atoms with E-state index in [1.54, 1.807) is 22.4 Å². The normalized spacial score (nSPS) is 21.9. The lowest BCUT2D eigenvalue weighted by atomic mass is 10.2. The molecule has 0 spiro atoms. The highest BCUT2D eigenvalue weighted by Crippen LogP contribution is 2.31. The van der Waals surface area contributed by atoms with Crippen LogP contribution in [0, 0.1) is 0 Å². The molecule has 1 amide bonds. The number of thiazole rings is 1. The van der Waals surface area contributed by atoms with Gasteiger partial charge in [0.15, 0.2) is 17.6 Å². The first-order valence-corrected chi connectivity index (χ1v) is 9.35. The third-order valence-electron chi connectivity index (χ3n) is 4.32. The summed E-state index contributed by atoms with van der Waals surface area (Å²) < 4.78 is 17.4. The number of fused-ring (bicyclic) bond motifs is 1. The molecule has 2 aliphatic heterocycles. The summed E-state index contributed by atoms with van der Waals surface area (Å²) in [6.45, 7) is 1.99. The van der Waals surface area contributed by atoms with Crippen LogP contribution in [0.4, 0.5) is 0 Å². The Labute approximate surface area is 150 Å². The van der Waals surface area contributed by atoms with Gasteiger partial charge in [-0.1, -0.05) is 12.1 Å². The van der Waals surface area contributed by atoms with Crippen molar-refractivity contribution in [3.05, 3.63) is 40.8 Å². The maximum Gasteiger partial charge on any atom is 0.252 e. The quantitative estimate of drug-likeness (QED) is 0.820. The highest BCUT2D eigenvalue weighted by molar-refractivity contribution is 7.09. The highest BCUT2D eigenvalue weighted by atomic mass is 32.1. The van der Waals surface area contributed by atoms with Gasteiger partial charge in [0.2, 0.25) is 0 Å². The van der Waals surface area contributed by atoms with Gasteiger partial charge in [0.25, 0.3) is 5.91 Å². The van der Waals surface area contributed by atoms with Crippen molar-refractivity contribution in [2.24, 2.45) is 0 Å². The average Bonchev–Trinajstić information content (AvgIpc) is 3.34. The van der Waals surface area contributed by atoms with E-state index in [-0.39, 0.29) is 18.1 Å². The number of hydrogen-bond acceptors (Lipinski definition) is 6. The predicted molar refractivity (Wildman–Crippen MR) is 92.9 cm³/mol. The predicted octanol–water partition coefficient (Wildman–Crippen LogP) is 2.49. The summed E-state index contributed by atoms with van der Waals surface area (Å²) in [4.78, 5) is 19.0. The fourth-order valence-electron chi connectivity index (χ4n) is 3.10. The molecule has 0 unspecified atom stereocenters. The van der Waals surface area contributed by atoms with Gasteiger partial charge in [-0.25, -0.2) is 4.98 Å². The van der Waals surface area contributed by atoms with Crippen molar-refractivity contribution in [3.63, 3.8) is 0 Å². The van der Waals surface area contributed by atoms with Crippen molar-refractivity contribution in [1.29, 1.82) is 0 Å². The molecule has 6 nitrogen and oxygen atoms in total. The number of rotatable bonds is 5. The fourth-order valence-corrected chi connectivity index (χ4v) is 3.73. The van der Waals surface area contributed by atoms with Gasteiger partial charge < -0.3 is 19.1 Å². The summed E-state index contributed by atoms with van der Waals surface area (Å²) >= 11 is 1.54. The van der Waals surface area contributed by atoms with E-state index in [0.29, 0.717) is 26.3 Å². The van der Waals surface area contributed by atoms with E-state index in [2.05, 4.69) is 4.98 Å². The maximum absolute atomic E-state index is 12.9. The van der Waals surface area contributed by atoms with E-state index in [1.807, 2.05) is 29.6 Å². The Bertz CT molecular complexity index is 716. The minimum Gasteiger partial charge on any atom is -0.486 e. The summed E-state index contributed by atoms with van der Waals surface area (Å²) in [6.07, 6.45) is 2.90. The molecule has 3 heterocycles. The molecule has 0 bridgehead atoms. The van der Waals surface area contributed by atoms with Gasteiger partial charge in [-0.2, -0.15) is 0 Å². The number of carbonyl (C=O) groups excluding carboxylic acids is 1. The Morgan fingerprint density at radius 1 is 1.32 bits per heavy atom. The van der Waals surface area contributed by atoms with Crippen LogP contribution in [-0.4, -0.2) is 47.8 Å². The van der Waals surface area contributed by atoms with Crippen LogP contribution in [0.25, 0.3) is 0 Å². The summed E-state index contributed by atoms with van der Waals surface area (Å²) in [7, 11) is 0. The SMILES string of the molecule is O=C([C@H]1CCCO1)N(Cc1nccs1)C[C@H]1COc2ccccc2O1. The number of nitrogens with zero attached hydrogens (tertiary/aromatic N) is 2. The Hall–Kier alpha value is -2.12. The molecular formula is C18H20N2O4S. The van der Waals surface area contributed by atoms with E-state index < -0.39 is 0 Å². The molecule has 4 rings (SSSR count). The number of amides is 1. The molecule has 0 saturated carbocycles. The van der Waals surface area contributed by atoms with E-state index >= 15 is 0 Å².